The molecule has 0 aromatic heterocycles. The number of anilines is 1. The van der Waals surface area contributed by atoms with E-state index in [9.17, 15) is 13.2 Å². The smallest absolute Gasteiger partial charge is 0.227 e. The van der Waals surface area contributed by atoms with Crippen LogP contribution in [0.1, 0.15) is 42.0 Å². The first-order chi connectivity index (χ1) is 13.8. The van der Waals surface area contributed by atoms with E-state index < -0.39 is 10.0 Å². The number of benzene rings is 2. The van der Waals surface area contributed by atoms with Crippen molar-refractivity contribution in [2.24, 2.45) is 5.92 Å². The van der Waals surface area contributed by atoms with Gasteiger partial charge in [0.1, 0.15) is 0 Å². The number of hydrogen-bond acceptors (Lipinski definition) is 3. The monoisotopic (exact) mass is 414 g/mol. The summed E-state index contributed by atoms with van der Waals surface area (Å²) in [6, 6.07) is 13.6. The highest BCUT2D eigenvalue weighted by Crippen LogP contribution is 2.26. The summed E-state index contributed by atoms with van der Waals surface area (Å²) in [7, 11) is -3.38. The Morgan fingerprint density at radius 1 is 1.10 bits per heavy atom. The van der Waals surface area contributed by atoms with E-state index in [-0.39, 0.29) is 17.6 Å². The van der Waals surface area contributed by atoms with Crippen LogP contribution in [0.4, 0.5) is 5.69 Å². The van der Waals surface area contributed by atoms with Crippen LogP contribution >= 0.6 is 0 Å². The molecular formula is C23H30N2O3S. The average molecular weight is 415 g/mol. The SMILES string of the molecule is CCc1cccc(C)c1NC(=O)C1CCN(S(=O)(=O)Cc2cccc(C)c2)CC1. The lowest BCUT2D eigenvalue weighted by molar-refractivity contribution is -0.120. The Kier molecular flexibility index (Phi) is 6.75. The van der Waals surface area contributed by atoms with Crippen molar-refractivity contribution in [2.45, 2.75) is 45.8 Å². The first-order valence-electron chi connectivity index (χ1n) is 10.2. The van der Waals surface area contributed by atoms with Crippen molar-refractivity contribution in [3.8, 4) is 0 Å². The number of carbonyl (C=O) groups excluding carboxylic acids is 1. The third-order valence-corrected chi connectivity index (χ3v) is 7.49. The second-order valence-corrected chi connectivity index (χ2v) is 9.84. The molecule has 1 aliphatic rings. The number of piperidine rings is 1. The molecule has 2 aromatic carbocycles. The van der Waals surface area contributed by atoms with E-state index in [1.807, 2.05) is 56.3 Å². The summed E-state index contributed by atoms with van der Waals surface area (Å²) in [5.74, 6) is -0.163. The predicted molar refractivity (Wildman–Crippen MR) is 117 cm³/mol. The van der Waals surface area contributed by atoms with Crippen molar-refractivity contribution >= 4 is 21.6 Å². The maximum atomic E-state index is 12.8. The standard InChI is InChI=1S/C23H30N2O3S/c1-4-20-10-6-8-18(3)22(20)24-23(26)21-11-13-25(14-12-21)29(27,28)16-19-9-5-7-17(2)15-19/h5-10,15,21H,4,11-14,16H2,1-3H3,(H,24,26). The van der Waals surface area contributed by atoms with Crippen LogP contribution in [0.2, 0.25) is 0 Å². The quantitative estimate of drug-likeness (QED) is 0.776. The molecule has 0 bridgehead atoms. The molecule has 3 rings (SSSR count). The first-order valence-corrected chi connectivity index (χ1v) is 11.8. The van der Waals surface area contributed by atoms with Crippen LogP contribution in [0.25, 0.3) is 0 Å². The Bertz CT molecular complexity index is 977. The van der Waals surface area contributed by atoms with Crippen LogP contribution in [-0.2, 0) is 27.0 Å². The summed E-state index contributed by atoms with van der Waals surface area (Å²) in [6.45, 7) is 6.80. The Labute approximate surface area is 174 Å². The van der Waals surface area contributed by atoms with E-state index in [0.717, 1.165) is 34.4 Å². The lowest BCUT2D eigenvalue weighted by Gasteiger charge is -2.31. The summed E-state index contributed by atoms with van der Waals surface area (Å²) in [6.07, 6.45) is 1.95. The Morgan fingerprint density at radius 2 is 1.79 bits per heavy atom. The van der Waals surface area contributed by atoms with Crippen molar-refractivity contribution in [3.63, 3.8) is 0 Å². The maximum Gasteiger partial charge on any atom is 0.227 e. The molecule has 0 unspecified atom stereocenters. The van der Waals surface area contributed by atoms with Gasteiger partial charge in [-0.3, -0.25) is 4.79 Å². The molecule has 0 radical (unpaired) electrons. The van der Waals surface area contributed by atoms with Crippen molar-refractivity contribution in [1.82, 2.24) is 4.31 Å². The topological polar surface area (TPSA) is 66.5 Å². The normalized spacial score (nSPS) is 16.0. The zero-order valence-electron chi connectivity index (χ0n) is 17.4. The molecule has 1 amide bonds. The molecule has 1 aliphatic heterocycles. The van der Waals surface area contributed by atoms with Gasteiger partial charge in [-0.2, -0.15) is 0 Å². The highest BCUT2D eigenvalue weighted by molar-refractivity contribution is 7.88. The average Bonchev–Trinajstić information content (AvgIpc) is 2.69. The lowest BCUT2D eigenvalue weighted by Crippen LogP contribution is -2.42. The van der Waals surface area contributed by atoms with Gasteiger partial charge < -0.3 is 5.32 Å². The minimum atomic E-state index is -3.38. The van der Waals surface area contributed by atoms with E-state index in [2.05, 4.69) is 12.2 Å². The molecule has 0 atom stereocenters. The summed E-state index contributed by atoms with van der Waals surface area (Å²) in [5.41, 5.74) is 4.93. The van der Waals surface area contributed by atoms with Crippen molar-refractivity contribution in [3.05, 3.63) is 64.7 Å². The number of carbonyl (C=O) groups is 1. The third-order valence-electron chi connectivity index (χ3n) is 5.64. The maximum absolute atomic E-state index is 12.8. The number of nitrogens with zero attached hydrogens (tertiary/aromatic N) is 1. The number of sulfonamides is 1. The van der Waals surface area contributed by atoms with Gasteiger partial charge in [-0.15, -0.1) is 0 Å². The number of rotatable bonds is 6. The highest BCUT2D eigenvalue weighted by Gasteiger charge is 2.31. The predicted octanol–water partition coefficient (Wildman–Crippen LogP) is 4.05. The number of aryl methyl sites for hydroxylation is 3. The van der Waals surface area contributed by atoms with Crippen molar-refractivity contribution in [2.75, 3.05) is 18.4 Å². The Hall–Kier alpha value is -2.18. The molecule has 0 aliphatic carbocycles. The second-order valence-electron chi connectivity index (χ2n) is 7.87. The molecule has 1 heterocycles. The molecule has 2 aromatic rings. The van der Waals surface area contributed by atoms with Crippen LogP contribution in [0.15, 0.2) is 42.5 Å². The number of para-hydroxylation sites is 1. The fourth-order valence-corrected chi connectivity index (χ4v) is 5.48. The molecule has 5 nitrogen and oxygen atoms in total. The Balaban J connectivity index is 1.61. The largest absolute Gasteiger partial charge is 0.325 e. The van der Waals surface area contributed by atoms with Crippen molar-refractivity contribution < 1.29 is 13.2 Å². The lowest BCUT2D eigenvalue weighted by atomic mass is 9.96. The van der Waals surface area contributed by atoms with Gasteiger partial charge in [0.2, 0.25) is 15.9 Å². The Morgan fingerprint density at radius 3 is 2.45 bits per heavy atom. The zero-order valence-corrected chi connectivity index (χ0v) is 18.3. The minimum absolute atomic E-state index is 0.00854. The highest BCUT2D eigenvalue weighted by atomic mass is 32.2. The molecule has 0 spiro atoms. The van der Waals surface area contributed by atoms with Crippen LogP contribution in [0.5, 0.6) is 0 Å². The summed E-state index contributed by atoms with van der Waals surface area (Å²) >= 11 is 0. The van der Waals surface area contributed by atoms with E-state index in [1.54, 1.807) is 0 Å². The van der Waals surface area contributed by atoms with E-state index >= 15 is 0 Å². The number of hydrogen-bond donors (Lipinski definition) is 1. The van der Waals surface area contributed by atoms with Gasteiger partial charge in [0, 0.05) is 24.7 Å². The van der Waals surface area contributed by atoms with Gasteiger partial charge in [-0.1, -0.05) is 55.0 Å². The molecule has 29 heavy (non-hydrogen) atoms. The first kappa shape index (κ1) is 21.5. The van der Waals surface area contributed by atoms with Gasteiger partial charge in [0.05, 0.1) is 5.75 Å². The van der Waals surface area contributed by atoms with Gasteiger partial charge in [-0.05, 0) is 49.8 Å². The molecule has 1 fully saturated rings. The minimum Gasteiger partial charge on any atom is -0.325 e. The molecule has 156 valence electrons. The summed E-state index contributed by atoms with van der Waals surface area (Å²) < 4.78 is 27.1. The van der Waals surface area contributed by atoms with Crippen LogP contribution in [0, 0.1) is 19.8 Å². The van der Waals surface area contributed by atoms with Gasteiger partial charge in [0.25, 0.3) is 0 Å². The van der Waals surface area contributed by atoms with E-state index in [1.165, 1.54) is 4.31 Å². The van der Waals surface area contributed by atoms with Crippen molar-refractivity contribution in [1.29, 1.82) is 0 Å². The molecule has 0 saturated carbocycles. The zero-order chi connectivity index (χ0) is 21.0. The van der Waals surface area contributed by atoms with Crippen LogP contribution < -0.4 is 5.32 Å². The molecule has 6 heteroatoms. The summed E-state index contributed by atoms with van der Waals surface area (Å²) in [5, 5.41) is 3.09. The van der Waals surface area contributed by atoms with E-state index in [0.29, 0.717) is 25.9 Å². The molecular weight excluding hydrogens is 384 g/mol. The molecule has 1 saturated heterocycles. The second kappa shape index (κ2) is 9.09. The fraction of sp³-hybridized carbons (Fsp3) is 0.435. The van der Waals surface area contributed by atoms with E-state index in [4.69, 9.17) is 0 Å². The van der Waals surface area contributed by atoms with Crippen LogP contribution in [-0.4, -0.2) is 31.7 Å². The van der Waals surface area contributed by atoms with Gasteiger partial charge >= 0.3 is 0 Å². The van der Waals surface area contributed by atoms with Crippen LogP contribution in [0.3, 0.4) is 0 Å². The number of amides is 1. The number of nitrogens with one attached hydrogen (secondary N) is 1. The summed E-state index contributed by atoms with van der Waals surface area (Å²) in [4.78, 5) is 12.8. The molecule has 1 N–H and O–H groups in total. The van der Waals surface area contributed by atoms with Gasteiger partial charge in [-0.25, -0.2) is 12.7 Å². The van der Waals surface area contributed by atoms with Gasteiger partial charge in [0.15, 0.2) is 0 Å². The fourth-order valence-electron chi connectivity index (χ4n) is 3.93. The third kappa shape index (κ3) is 5.25.